The molecule has 2 heterocycles. The van der Waals surface area contributed by atoms with Crippen molar-refractivity contribution in [3.63, 3.8) is 0 Å². The van der Waals surface area contributed by atoms with Crippen molar-refractivity contribution in [2.45, 2.75) is 5.92 Å². The van der Waals surface area contributed by atoms with Crippen molar-refractivity contribution in [2.75, 3.05) is 6.54 Å². The van der Waals surface area contributed by atoms with Gasteiger partial charge >= 0.3 is 0 Å². The number of benzene rings is 3. The first-order chi connectivity index (χ1) is 17.9. The summed E-state index contributed by atoms with van der Waals surface area (Å²) < 4.78 is 2.02. The lowest BCUT2D eigenvalue weighted by Gasteiger charge is -2.20. The first-order valence-electron chi connectivity index (χ1n) is 11.8. The second-order valence-corrected chi connectivity index (χ2v) is 9.63. The van der Waals surface area contributed by atoms with Gasteiger partial charge in [-0.15, -0.1) is 6.58 Å². The molecular formula is C30H24Cl2N4O. The van der Waals surface area contributed by atoms with E-state index in [2.05, 4.69) is 34.0 Å². The van der Waals surface area contributed by atoms with E-state index < -0.39 is 0 Å². The Morgan fingerprint density at radius 3 is 2.51 bits per heavy atom. The van der Waals surface area contributed by atoms with Crippen molar-refractivity contribution in [1.82, 2.24) is 19.9 Å². The number of nitrogens with zero attached hydrogens (tertiary/aromatic N) is 3. The average molecular weight is 527 g/mol. The zero-order valence-corrected chi connectivity index (χ0v) is 21.7. The molecule has 0 saturated carbocycles. The van der Waals surface area contributed by atoms with Crippen LogP contribution in [0.2, 0.25) is 10.0 Å². The molecule has 0 fully saturated rings. The van der Waals surface area contributed by atoms with Gasteiger partial charge < -0.3 is 9.88 Å². The molecule has 1 amide bonds. The van der Waals surface area contributed by atoms with Gasteiger partial charge in [-0.3, -0.25) is 4.79 Å². The van der Waals surface area contributed by atoms with E-state index >= 15 is 0 Å². The normalized spacial score (nSPS) is 11.9. The van der Waals surface area contributed by atoms with Gasteiger partial charge in [-0.05, 0) is 64.7 Å². The van der Waals surface area contributed by atoms with Gasteiger partial charge in [0.2, 0.25) is 0 Å². The summed E-state index contributed by atoms with van der Waals surface area (Å²) in [7, 11) is 1.99. The number of hydrogen-bond acceptors (Lipinski definition) is 3. The number of imidazole rings is 1. The third-order valence-corrected chi connectivity index (χ3v) is 6.78. The highest BCUT2D eigenvalue weighted by Gasteiger charge is 2.22. The van der Waals surface area contributed by atoms with Gasteiger partial charge in [0.1, 0.15) is 5.69 Å². The fourth-order valence-corrected chi connectivity index (χ4v) is 4.84. The number of aromatic nitrogens is 3. The van der Waals surface area contributed by atoms with Gasteiger partial charge in [-0.25, -0.2) is 9.97 Å². The molecule has 1 atom stereocenters. The van der Waals surface area contributed by atoms with Crippen LogP contribution < -0.4 is 5.32 Å². The number of rotatable bonds is 7. The predicted octanol–water partition coefficient (Wildman–Crippen LogP) is 7.04. The van der Waals surface area contributed by atoms with Crippen LogP contribution in [0.15, 0.2) is 98.0 Å². The molecule has 0 radical (unpaired) electrons. The van der Waals surface area contributed by atoms with E-state index in [1.54, 1.807) is 12.4 Å². The largest absolute Gasteiger partial charge is 0.347 e. The molecule has 1 unspecified atom stereocenters. The Hall–Kier alpha value is -3.93. The van der Waals surface area contributed by atoms with Crippen LogP contribution in [0.25, 0.3) is 22.0 Å². The molecule has 1 N–H and O–H groups in total. The third kappa shape index (κ3) is 5.15. The van der Waals surface area contributed by atoms with Crippen LogP contribution in [0, 0.1) is 0 Å². The highest BCUT2D eigenvalue weighted by atomic mass is 35.5. The summed E-state index contributed by atoms with van der Waals surface area (Å²) in [5.74, 6) is -0.347. The van der Waals surface area contributed by atoms with E-state index in [1.807, 2.05) is 78.5 Å². The lowest BCUT2D eigenvalue weighted by atomic mass is 9.87. The Morgan fingerprint density at radius 1 is 1.03 bits per heavy atom. The quantitative estimate of drug-likeness (QED) is 0.231. The van der Waals surface area contributed by atoms with Crippen molar-refractivity contribution in [1.29, 1.82) is 0 Å². The zero-order valence-electron chi connectivity index (χ0n) is 20.2. The van der Waals surface area contributed by atoms with E-state index in [4.69, 9.17) is 23.2 Å². The number of hydrogen-bond donors (Lipinski definition) is 1. The van der Waals surface area contributed by atoms with Crippen LogP contribution in [0.4, 0.5) is 0 Å². The third-order valence-electron chi connectivity index (χ3n) is 6.29. The van der Waals surface area contributed by atoms with Gasteiger partial charge in [-0.1, -0.05) is 59.6 Å². The summed E-state index contributed by atoms with van der Waals surface area (Å²) in [6, 6.07) is 23.4. The minimum Gasteiger partial charge on any atom is -0.347 e. The van der Waals surface area contributed by atoms with Crippen LogP contribution in [-0.4, -0.2) is 27.0 Å². The summed E-state index contributed by atoms with van der Waals surface area (Å²) in [6.45, 7) is 4.03. The second kappa shape index (κ2) is 10.6. The molecule has 5 nitrogen and oxygen atoms in total. The topological polar surface area (TPSA) is 59.8 Å². The van der Waals surface area contributed by atoms with Gasteiger partial charge in [0, 0.05) is 40.9 Å². The molecule has 7 heteroatoms. The minimum atomic E-state index is -0.261. The number of carbonyl (C=O) groups is 1. The maximum Gasteiger partial charge on any atom is 0.270 e. The first kappa shape index (κ1) is 24.8. The fourth-order valence-electron chi connectivity index (χ4n) is 4.52. The summed E-state index contributed by atoms with van der Waals surface area (Å²) in [5.41, 5.74) is 6.01. The number of halogens is 2. The number of amides is 1. The van der Waals surface area contributed by atoms with Crippen LogP contribution in [-0.2, 0) is 7.05 Å². The highest BCUT2D eigenvalue weighted by Crippen LogP contribution is 2.37. The Morgan fingerprint density at radius 2 is 1.81 bits per heavy atom. The average Bonchev–Trinajstić information content (AvgIpc) is 3.33. The van der Waals surface area contributed by atoms with Gasteiger partial charge in [0.05, 0.1) is 17.8 Å². The molecule has 37 heavy (non-hydrogen) atoms. The van der Waals surface area contributed by atoms with E-state index in [0.29, 0.717) is 27.8 Å². The van der Waals surface area contributed by atoms with Crippen molar-refractivity contribution >= 4 is 40.0 Å². The van der Waals surface area contributed by atoms with E-state index in [-0.39, 0.29) is 11.8 Å². The summed E-state index contributed by atoms with van der Waals surface area (Å²) in [6.07, 6.45) is 5.32. The molecule has 0 spiro atoms. The molecule has 2 aromatic heterocycles. The lowest BCUT2D eigenvalue weighted by Crippen LogP contribution is -2.24. The van der Waals surface area contributed by atoms with Gasteiger partial charge in [0.15, 0.2) is 0 Å². The summed E-state index contributed by atoms with van der Waals surface area (Å²) in [5, 5.41) is 5.03. The Balaban J connectivity index is 1.73. The van der Waals surface area contributed by atoms with Crippen LogP contribution in [0.1, 0.15) is 33.2 Å². The monoisotopic (exact) mass is 526 g/mol. The molecule has 0 bridgehead atoms. The minimum absolute atomic E-state index is 0.0862. The zero-order chi connectivity index (χ0) is 25.9. The number of fused-ring (bicyclic) bond motifs is 1. The van der Waals surface area contributed by atoms with Crippen molar-refractivity contribution < 1.29 is 4.79 Å². The van der Waals surface area contributed by atoms with Crippen LogP contribution in [0.3, 0.4) is 0 Å². The predicted molar refractivity (Wildman–Crippen MR) is 150 cm³/mol. The summed E-state index contributed by atoms with van der Waals surface area (Å²) >= 11 is 12.5. The summed E-state index contributed by atoms with van der Waals surface area (Å²) in [4.78, 5) is 21.9. The molecule has 0 saturated heterocycles. The smallest absolute Gasteiger partial charge is 0.270 e. The molecule has 5 rings (SSSR count). The number of carbonyl (C=O) groups excluding carboxylic acids is 1. The maximum atomic E-state index is 12.8. The second-order valence-electron chi connectivity index (χ2n) is 8.75. The molecule has 3 aromatic carbocycles. The van der Waals surface area contributed by atoms with E-state index in [9.17, 15) is 4.79 Å². The van der Waals surface area contributed by atoms with E-state index in [1.165, 1.54) is 0 Å². The lowest BCUT2D eigenvalue weighted by molar-refractivity contribution is 0.0953. The van der Waals surface area contributed by atoms with Crippen molar-refractivity contribution in [3.8, 4) is 11.1 Å². The van der Waals surface area contributed by atoms with E-state index in [0.717, 1.165) is 33.3 Å². The Bertz CT molecular complexity index is 1610. The SMILES string of the molecule is C=CCNC(=O)c1cc(-c2cccc(Cl)c2)c2cc(C(c3ccc(Cl)cc3)c3cncn3C)ccc2n1. The molecule has 5 aromatic rings. The number of pyridine rings is 1. The number of aryl methyl sites for hydroxylation is 1. The Labute approximate surface area is 225 Å². The molecule has 0 aliphatic rings. The Kier molecular flexibility index (Phi) is 7.08. The van der Waals surface area contributed by atoms with Crippen molar-refractivity contribution in [2.24, 2.45) is 7.05 Å². The fraction of sp³-hybridized carbons (Fsp3) is 0.100. The highest BCUT2D eigenvalue weighted by molar-refractivity contribution is 6.31. The van der Waals surface area contributed by atoms with Gasteiger partial charge in [0.25, 0.3) is 5.91 Å². The standard InChI is InChI=1S/C30H24Cl2N4O/c1-3-13-34-30(37)27-16-24(20-5-4-6-23(32)14-20)25-15-21(9-12-26(25)35-27)29(28-17-33-18-36(28)2)19-7-10-22(31)11-8-19/h3-12,14-18,29H,1,13H2,2H3,(H,34,37). The van der Waals surface area contributed by atoms with Crippen LogP contribution in [0.5, 0.6) is 0 Å². The molecular weight excluding hydrogens is 503 g/mol. The first-order valence-corrected chi connectivity index (χ1v) is 12.5. The molecule has 0 aliphatic heterocycles. The maximum absolute atomic E-state index is 12.8. The van der Waals surface area contributed by atoms with Crippen LogP contribution >= 0.6 is 23.2 Å². The number of nitrogens with one attached hydrogen (secondary N) is 1. The van der Waals surface area contributed by atoms with Gasteiger partial charge in [-0.2, -0.15) is 0 Å². The molecule has 184 valence electrons. The van der Waals surface area contributed by atoms with Crippen molar-refractivity contribution in [3.05, 3.63) is 131 Å². The molecule has 0 aliphatic carbocycles.